The molecule has 12 heteroatoms. The number of aliphatic hydroxyl groups is 1. The summed E-state index contributed by atoms with van der Waals surface area (Å²) in [6.45, 7) is 3.68. The van der Waals surface area contributed by atoms with Crippen LogP contribution in [0.15, 0.2) is 20.6 Å². The molecule has 0 bridgehead atoms. The Morgan fingerprint density at radius 1 is 1.24 bits per heavy atom. The van der Waals surface area contributed by atoms with Crippen LogP contribution in [0.3, 0.4) is 0 Å². The molecule has 0 saturated carbocycles. The van der Waals surface area contributed by atoms with Crippen LogP contribution in [0, 0.1) is 0 Å². The molecular formula is C17H20ClF3N4O3S. The van der Waals surface area contributed by atoms with E-state index in [0.29, 0.717) is 12.6 Å². The number of β-amino-alcohol motifs (C(OH)–C–C–N with tert-alkyl or cyclic N) is 1. The first kappa shape index (κ1) is 22.2. The van der Waals surface area contributed by atoms with E-state index >= 15 is 0 Å². The highest BCUT2D eigenvalue weighted by atomic mass is 35.5. The van der Waals surface area contributed by atoms with Crippen LogP contribution >= 0.6 is 23.4 Å². The number of nitrogens with zero attached hydrogens (tertiary/aromatic N) is 2. The average Bonchev–Trinajstić information content (AvgIpc) is 2.61. The predicted molar refractivity (Wildman–Crippen MR) is 106 cm³/mol. The summed E-state index contributed by atoms with van der Waals surface area (Å²) in [5, 5.41) is 9.42. The van der Waals surface area contributed by atoms with Crippen LogP contribution < -0.4 is 11.2 Å². The summed E-state index contributed by atoms with van der Waals surface area (Å²) in [5.41, 5.74) is -3.03. The Labute approximate surface area is 172 Å². The molecule has 1 aromatic carbocycles. The number of alkyl halides is 3. The van der Waals surface area contributed by atoms with E-state index in [1.54, 1.807) is 0 Å². The van der Waals surface area contributed by atoms with Gasteiger partial charge in [0.1, 0.15) is 0 Å². The van der Waals surface area contributed by atoms with E-state index in [0.717, 1.165) is 37.9 Å². The van der Waals surface area contributed by atoms with Crippen molar-refractivity contribution in [2.75, 3.05) is 45.5 Å². The number of halogens is 4. The quantitative estimate of drug-likeness (QED) is 0.597. The molecule has 0 radical (unpaired) electrons. The van der Waals surface area contributed by atoms with Crippen molar-refractivity contribution in [3.63, 3.8) is 0 Å². The van der Waals surface area contributed by atoms with Crippen LogP contribution in [0.5, 0.6) is 0 Å². The maximum atomic E-state index is 13.4. The Kier molecular flexibility index (Phi) is 6.64. The molecule has 3 N–H and O–H groups in total. The molecule has 7 nitrogen and oxygen atoms in total. The van der Waals surface area contributed by atoms with E-state index in [1.165, 1.54) is 0 Å². The maximum absolute atomic E-state index is 13.4. The summed E-state index contributed by atoms with van der Waals surface area (Å²) in [4.78, 5) is 32.1. The maximum Gasteiger partial charge on any atom is 0.417 e. The second-order valence-corrected chi connectivity index (χ2v) is 8.37. The molecule has 1 atom stereocenters. The first-order chi connectivity index (χ1) is 13.6. The summed E-state index contributed by atoms with van der Waals surface area (Å²) in [5.74, 6) is 0.0529. The molecule has 1 aliphatic heterocycles. The Morgan fingerprint density at radius 2 is 1.90 bits per heavy atom. The summed E-state index contributed by atoms with van der Waals surface area (Å²) in [6, 6.07) is 0.622. The molecule has 1 fully saturated rings. The molecule has 0 aliphatic carbocycles. The summed E-state index contributed by atoms with van der Waals surface area (Å²) >= 11 is 6.88. The van der Waals surface area contributed by atoms with Gasteiger partial charge in [-0.25, -0.2) is 4.79 Å². The Bertz CT molecular complexity index is 1000. The number of nitrogens with one attached hydrogen (secondary N) is 2. The van der Waals surface area contributed by atoms with Crippen molar-refractivity contribution in [1.29, 1.82) is 0 Å². The van der Waals surface area contributed by atoms with Crippen LogP contribution in [0.4, 0.5) is 13.2 Å². The zero-order valence-corrected chi connectivity index (χ0v) is 17.0. The van der Waals surface area contributed by atoms with Gasteiger partial charge in [0, 0.05) is 38.5 Å². The minimum absolute atomic E-state index is 0.0529. The van der Waals surface area contributed by atoms with Gasteiger partial charge in [0.2, 0.25) is 0 Å². The third-order valence-electron chi connectivity index (χ3n) is 4.72. The normalized spacial score (nSPS) is 17.7. The van der Waals surface area contributed by atoms with Gasteiger partial charge in [-0.05, 0) is 13.1 Å². The zero-order valence-electron chi connectivity index (χ0n) is 15.5. The molecular weight excluding hydrogens is 433 g/mol. The molecule has 1 aliphatic rings. The lowest BCUT2D eigenvalue weighted by Gasteiger charge is -2.33. The number of aromatic amines is 2. The van der Waals surface area contributed by atoms with E-state index in [4.69, 9.17) is 11.6 Å². The van der Waals surface area contributed by atoms with Crippen LogP contribution in [0.25, 0.3) is 10.9 Å². The molecule has 3 rings (SSSR count). The molecule has 0 amide bonds. The lowest BCUT2D eigenvalue weighted by molar-refractivity contribution is -0.137. The fraction of sp³-hybridized carbons (Fsp3) is 0.529. The number of hydrogen-bond acceptors (Lipinski definition) is 6. The standard InChI is InChI=1S/C17H20ClF3N4O3S/c1-24-2-4-25(5-3-24)7-9(26)8-29-14-12(18)11(17(19,20)21)6-10-13(14)22-16(28)23-15(10)27/h6,9,26H,2-5,7-8H2,1H3,(H2,22,23,27,28)/t9-/m1/s1. The molecule has 2 heterocycles. The van der Waals surface area contributed by atoms with Crippen molar-refractivity contribution in [3.8, 4) is 0 Å². The monoisotopic (exact) mass is 452 g/mol. The van der Waals surface area contributed by atoms with Gasteiger partial charge in [0.05, 0.1) is 32.5 Å². The zero-order chi connectivity index (χ0) is 21.3. The number of likely N-dealkylation sites (N-methyl/N-ethyl adjacent to an activating group) is 1. The van der Waals surface area contributed by atoms with Gasteiger partial charge in [0.15, 0.2) is 0 Å². The number of hydrogen-bond donors (Lipinski definition) is 3. The minimum atomic E-state index is -4.78. The lowest BCUT2D eigenvalue weighted by Crippen LogP contribution is -2.47. The second kappa shape index (κ2) is 8.68. The fourth-order valence-corrected chi connectivity index (χ4v) is 4.58. The summed E-state index contributed by atoms with van der Waals surface area (Å²) in [7, 11) is 2.01. The number of aromatic nitrogens is 2. The van der Waals surface area contributed by atoms with Gasteiger partial charge < -0.3 is 15.0 Å². The number of H-pyrrole nitrogens is 2. The molecule has 29 heavy (non-hydrogen) atoms. The predicted octanol–water partition coefficient (Wildman–Crippen LogP) is 1.59. The van der Waals surface area contributed by atoms with E-state index in [1.807, 2.05) is 12.0 Å². The van der Waals surface area contributed by atoms with Gasteiger partial charge >= 0.3 is 11.9 Å². The van der Waals surface area contributed by atoms with Crippen LogP contribution in [0.1, 0.15) is 5.56 Å². The average molecular weight is 453 g/mol. The molecule has 0 spiro atoms. The Hall–Kier alpha value is -1.53. The largest absolute Gasteiger partial charge is 0.417 e. The highest BCUT2D eigenvalue weighted by molar-refractivity contribution is 7.99. The first-order valence-corrected chi connectivity index (χ1v) is 10.2. The first-order valence-electron chi connectivity index (χ1n) is 8.84. The van der Waals surface area contributed by atoms with Crippen molar-refractivity contribution in [3.05, 3.63) is 37.5 Å². The van der Waals surface area contributed by atoms with Gasteiger partial charge in [-0.1, -0.05) is 11.6 Å². The third kappa shape index (κ3) is 5.15. The number of fused-ring (bicyclic) bond motifs is 1. The topological polar surface area (TPSA) is 92.4 Å². The van der Waals surface area contributed by atoms with E-state index in [-0.39, 0.29) is 21.6 Å². The highest BCUT2D eigenvalue weighted by Crippen LogP contribution is 2.42. The van der Waals surface area contributed by atoms with Crippen molar-refractivity contribution >= 4 is 34.3 Å². The van der Waals surface area contributed by atoms with Gasteiger partial charge in [-0.3, -0.25) is 14.7 Å². The van der Waals surface area contributed by atoms with Crippen molar-refractivity contribution < 1.29 is 18.3 Å². The van der Waals surface area contributed by atoms with E-state index in [2.05, 4.69) is 14.8 Å². The van der Waals surface area contributed by atoms with Gasteiger partial charge in [-0.2, -0.15) is 13.2 Å². The number of benzene rings is 1. The second-order valence-electron chi connectivity index (χ2n) is 6.96. The Balaban J connectivity index is 1.88. The van der Waals surface area contributed by atoms with Crippen molar-refractivity contribution in [1.82, 2.24) is 19.8 Å². The van der Waals surface area contributed by atoms with E-state index < -0.39 is 34.1 Å². The summed E-state index contributed by atoms with van der Waals surface area (Å²) < 4.78 is 40.1. The molecule has 0 unspecified atom stereocenters. The van der Waals surface area contributed by atoms with Crippen LogP contribution in [-0.2, 0) is 6.18 Å². The number of rotatable bonds is 5. The SMILES string of the molecule is CN1CCN(C[C@@H](O)CSc2c(Cl)c(C(F)(F)F)cc3c(=O)[nH]c(=O)[nH]c23)CC1. The third-order valence-corrected chi connectivity index (χ3v) is 6.47. The Morgan fingerprint density at radius 3 is 2.52 bits per heavy atom. The minimum Gasteiger partial charge on any atom is -0.391 e. The van der Waals surface area contributed by atoms with Gasteiger partial charge in [-0.15, -0.1) is 11.8 Å². The number of piperazine rings is 1. The number of thioether (sulfide) groups is 1. The van der Waals surface area contributed by atoms with E-state index in [9.17, 15) is 27.9 Å². The van der Waals surface area contributed by atoms with Gasteiger partial charge in [0.25, 0.3) is 5.56 Å². The number of aliphatic hydroxyl groups excluding tert-OH is 1. The summed E-state index contributed by atoms with van der Waals surface area (Å²) in [6.07, 6.45) is -5.60. The molecule has 2 aromatic rings. The van der Waals surface area contributed by atoms with Crippen molar-refractivity contribution in [2.45, 2.75) is 17.2 Å². The lowest BCUT2D eigenvalue weighted by atomic mass is 10.1. The van der Waals surface area contributed by atoms with Crippen molar-refractivity contribution in [2.24, 2.45) is 0 Å². The molecule has 160 valence electrons. The fourth-order valence-electron chi connectivity index (χ4n) is 3.16. The van der Waals surface area contributed by atoms with Crippen LogP contribution in [-0.4, -0.2) is 76.5 Å². The molecule has 1 aromatic heterocycles. The highest BCUT2D eigenvalue weighted by Gasteiger charge is 2.35. The molecule has 1 saturated heterocycles. The smallest absolute Gasteiger partial charge is 0.391 e. The van der Waals surface area contributed by atoms with Crippen LogP contribution in [0.2, 0.25) is 5.02 Å².